The number of methoxy groups -OCH3 is 1. The van der Waals surface area contributed by atoms with Crippen LogP contribution in [0.4, 0.5) is 0 Å². The summed E-state index contributed by atoms with van der Waals surface area (Å²) in [6.45, 7) is 3.45. The second kappa shape index (κ2) is 8.11. The lowest BCUT2D eigenvalue weighted by atomic mass is 9.93. The first kappa shape index (κ1) is 19.2. The molecule has 0 radical (unpaired) electrons. The van der Waals surface area contributed by atoms with E-state index in [1.807, 2.05) is 17.9 Å². The molecular formula is C22H25N3O4. The second-order valence-electron chi connectivity index (χ2n) is 7.41. The molecule has 1 fully saturated rings. The predicted octanol–water partition coefficient (Wildman–Crippen LogP) is 3.30. The summed E-state index contributed by atoms with van der Waals surface area (Å²) in [4.78, 5) is 27.2. The van der Waals surface area contributed by atoms with E-state index < -0.39 is 0 Å². The molecular weight excluding hydrogens is 370 g/mol. The van der Waals surface area contributed by atoms with Gasteiger partial charge in [0.25, 0.3) is 11.8 Å². The van der Waals surface area contributed by atoms with Crippen LogP contribution in [-0.2, 0) is 6.42 Å². The van der Waals surface area contributed by atoms with Crippen LogP contribution in [0.1, 0.15) is 63.5 Å². The molecule has 0 bridgehead atoms. The van der Waals surface area contributed by atoms with Gasteiger partial charge in [0.1, 0.15) is 11.5 Å². The molecule has 29 heavy (non-hydrogen) atoms. The Balaban J connectivity index is 1.59. The van der Waals surface area contributed by atoms with Crippen molar-refractivity contribution in [2.75, 3.05) is 20.2 Å². The van der Waals surface area contributed by atoms with E-state index in [2.05, 4.69) is 10.5 Å². The van der Waals surface area contributed by atoms with Gasteiger partial charge in [-0.25, -0.2) is 5.43 Å². The number of aryl methyl sites for hydroxylation is 1. The number of para-hydroxylation sites is 1. The van der Waals surface area contributed by atoms with Gasteiger partial charge in [-0.1, -0.05) is 12.1 Å². The number of benzene rings is 1. The van der Waals surface area contributed by atoms with Crippen LogP contribution in [0.15, 0.2) is 33.8 Å². The number of nitrogens with one attached hydrogen (secondary N) is 1. The first-order valence-electron chi connectivity index (χ1n) is 10.0. The van der Waals surface area contributed by atoms with Crippen molar-refractivity contribution in [3.8, 4) is 5.75 Å². The predicted molar refractivity (Wildman–Crippen MR) is 109 cm³/mol. The van der Waals surface area contributed by atoms with Crippen molar-refractivity contribution in [2.45, 2.75) is 39.0 Å². The molecule has 1 aliphatic carbocycles. The lowest BCUT2D eigenvalue weighted by molar-refractivity contribution is 0.0758. The van der Waals surface area contributed by atoms with Crippen molar-refractivity contribution in [3.05, 3.63) is 52.5 Å². The van der Waals surface area contributed by atoms with Gasteiger partial charge >= 0.3 is 0 Å². The monoisotopic (exact) mass is 395 g/mol. The second-order valence-corrected chi connectivity index (χ2v) is 7.41. The Labute approximate surface area is 169 Å². The van der Waals surface area contributed by atoms with E-state index in [1.165, 1.54) is 7.11 Å². The third kappa shape index (κ3) is 3.64. The molecule has 0 spiro atoms. The Bertz CT molecular complexity index is 970. The molecule has 1 aliphatic heterocycles. The number of ether oxygens (including phenoxy) is 1. The topological polar surface area (TPSA) is 84.1 Å². The molecule has 7 nitrogen and oxygen atoms in total. The number of hydrogen-bond donors (Lipinski definition) is 1. The minimum absolute atomic E-state index is 0.0493. The third-order valence-electron chi connectivity index (χ3n) is 5.56. The van der Waals surface area contributed by atoms with E-state index in [4.69, 9.17) is 9.15 Å². The van der Waals surface area contributed by atoms with Gasteiger partial charge < -0.3 is 14.1 Å². The van der Waals surface area contributed by atoms with Crippen LogP contribution in [0, 0.1) is 6.92 Å². The maximum absolute atomic E-state index is 12.8. The molecule has 7 heteroatoms. The third-order valence-corrected chi connectivity index (χ3v) is 5.56. The molecule has 2 aliphatic rings. The summed E-state index contributed by atoms with van der Waals surface area (Å²) in [6, 6.07) is 7.01. The SMILES string of the molecule is COc1ccccc1C(=O)N/N=C1\CCCc2oc(C(=O)N3CCCC3)c(C)c21. The van der Waals surface area contributed by atoms with Gasteiger partial charge in [-0.3, -0.25) is 9.59 Å². The first-order chi connectivity index (χ1) is 14.1. The highest BCUT2D eigenvalue weighted by atomic mass is 16.5. The highest BCUT2D eigenvalue weighted by Gasteiger charge is 2.31. The average molecular weight is 395 g/mol. The lowest BCUT2D eigenvalue weighted by Crippen LogP contribution is -2.27. The number of hydrogen-bond acceptors (Lipinski definition) is 5. The number of amides is 2. The number of carbonyl (C=O) groups is 2. The van der Waals surface area contributed by atoms with Gasteiger partial charge in [-0.05, 0) is 44.7 Å². The van der Waals surface area contributed by atoms with Crippen molar-refractivity contribution in [1.82, 2.24) is 10.3 Å². The molecule has 2 heterocycles. The van der Waals surface area contributed by atoms with Crippen LogP contribution < -0.4 is 10.2 Å². The molecule has 4 rings (SSSR count). The van der Waals surface area contributed by atoms with Crippen molar-refractivity contribution in [1.29, 1.82) is 0 Å². The fourth-order valence-corrected chi connectivity index (χ4v) is 4.06. The van der Waals surface area contributed by atoms with E-state index in [-0.39, 0.29) is 11.8 Å². The quantitative estimate of drug-likeness (QED) is 0.805. The maximum atomic E-state index is 12.8. The molecule has 0 unspecified atom stereocenters. The number of likely N-dealkylation sites (tertiary alicyclic amines) is 1. The Morgan fingerprint density at radius 1 is 1.14 bits per heavy atom. The van der Waals surface area contributed by atoms with Crippen LogP contribution in [0.2, 0.25) is 0 Å². The van der Waals surface area contributed by atoms with Crippen LogP contribution in [0.5, 0.6) is 5.75 Å². The van der Waals surface area contributed by atoms with E-state index in [9.17, 15) is 9.59 Å². The number of furan rings is 1. The van der Waals surface area contributed by atoms with Gasteiger partial charge in [0, 0.05) is 30.6 Å². The van der Waals surface area contributed by atoms with E-state index >= 15 is 0 Å². The summed E-state index contributed by atoms with van der Waals surface area (Å²) >= 11 is 0. The zero-order valence-electron chi connectivity index (χ0n) is 16.8. The fraction of sp³-hybridized carbons (Fsp3) is 0.409. The minimum atomic E-state index is -0.336. The van der Waals surface area contributed by atoms with Crippen molar-refractivity contribution in [2.24, 2.45) is 5.10 Å². The van der Waals surface area contributed by atoms with Crippen molar-refractivity contribution in [3.63, 3.8) is 0 Å². The van der Waals surface area contributed by atoms with Crippen molar-refractivity contribution >= 4 is 17.5 Å². The van der Waals surface area contributed by atoms with Crippen LogP contribution >= 0.6 is 0 Å². The van der Waals surface area contributed by atoms with Crippen molar-refractivity contribution < 1.29 is 18.7 Å². The molecule has 2 amide bonds. The van der Waals surface area contributed by atoms with Gasteiger partial charge in [-0.2, -0.15) is 5.10 Å². The van der Waals surface area contributed by atoms with Crippen LogP contribution in [0.3, 0.4) is 0 Å². The van der Waals surface area contributed by atoms with Gasteiger partial charge in [0.15, 0.2) is 5.76 Å². The zero-order chi connectivity index (χ0) is 20.4. The van der Waals surface area contributed by atoms with Crippen LogP contribution in [-0.4, -0.2) is 42.6 Å². The molecule has 0 atom stereocenters. The molecule has 1 N–H and O–H groups in total. The average Bonchev–Trinajstić information content (AvgIpc) is 3.40. The fourth-order valence-electron chi connectivity index (χ4n) is 4.06. The zero-order valence-corrected chi connectivity index (χ0v) is 16.8. The summed E-state index contributed by atoms with van der Waals surface area (Å²) in [7, 11) is 1.53. The van der Waals surface area contributed by atoms with Crippen LogP contribution in [0.25, 0.3) is 0 Å². The molecule has 2 aromatic rings. The number of hydrazone groups is 1. The number of nitrogens with zero attached hydrogens (tertiary/aromatic N) is 2. The number of fused-ring (bicyclic) bond motifs is 1. The van der Waals surface area contributed by atoms with E-state index in [1.54, 1.807) is 18.2 Å². The molecule has 1 aromatic heterocycles. The molecule has 0 saturated carbocycles. The lowest BCUT2D eigenvalue weighted by Gasteiger charge is -2.14. The van der Waals surface area contributed by atoms with E-state index in [0.717, 1.165) is 67.8 Å². The standard InChI is InChI=1S/C22H25N3O4/c1-14-19-16(23-24-21(26)15-8-3-4-10-17(15)28-2)9-7-11-18(19)29-20(14)22(27)25-12-5-6-13-25/h3-4,8,10H,5-7,9,11-13H2,1-2H3,(H,24,26)/b23-16+. The Hall–Kier alpha value is -3.09. The summed E-state index contributed by atoms with van der Waals surface area (Å²) in [5.41, 5.74) is 5.47. The maximum Gasteiger partial charge on any atom is 0.289 e. The number of rotatable bonds is 4. The smallest absolute Gasteiger partial charge is 0.289 e. The molecule has 1 saturated heterocycles. The summed E-state index contributed by atoms with van der Waals surface area (Å²) in [5.74, 6) is 1.29. The normalized spacial score (nSPS) is 17.3. The van der Waals surface area contributed by atoms with Gasteiger partial charge in [0.2, 0.25) is 0 Å². The Morgan fingerprint density at radius 3 is 2.66 bits per heavy atom. The molecule has 152 valence electrons. The summed E-state index contributed by atoms with van der Waals surface area (Å²) in [6.07, 6.45) is 4.42. The highest BCUT2D eigenvalue weighted by molar-refractivity contribution is 6.07. The Morgan fingerprint density at radius 2 is 1.90 bits per heavy atom. The Kier molecular flexibility index (Phi) is 5.38. The minimum Gasteiger partial charge on any atom is -0.496 e. The van der Waals surface area contributed by atoms with E-state index in [0.29, 0.717) is 17.1 Å². The largest absolute Gasteiger partial charge is 0.496 e. The van der Waals surface area contributed by atoms with Gasteiger partial charge in [0.05, 0.1) is 18.4 Å². The summed E-state index contributed by atoms with van der Waals surface area (Å²) < 4.78 is 11.2. The first-order valence-corrected chi connectivity index (χ1v) is 10.0. The summed E-state index contributed by atoms with van der Waals surface area (Å²) in [5, 5.41) is 4.38. The number of carbonyl (C=O) groups excluding carboxylic acids is 2. The highest BCUT2D eigenvalue weighted by Crippen LogP contribution is 2.31. The van der Waals surface area contributed by atoms with Gasteiger partial charge in [-0.15, -0.1) is 0 Å². The molecule has 1 aromatic carbocycles.